The fourth-order valence-corrected chi connectivity index (χ4v) is 2.32. The molecule has 0 aliphatic rings. The molecule has 2 aromatic rings. The number of carbonyl (C=O) groups is 1. The van der Waals surface area contributed by atoms with Crippen LogP contribution in [0.15, 0.2) is 36.4 Å². The second kappa shape index (κ2) is 8.34. The third-order valence-electron chi connectivity index (χ3n) is 3.62. The van der Waals surface area contributed by atoms with E-state index in [4.69, 9.17) is 9.47 Å². The first-order valence-electron chi connectivity index (χ1n) is 7.79. The van der Waals surface area contributed by atoms with E-state index in [1.54, 1.807) is 12.1 Å². The highest BCUT2D eigenvalue weighted by molar-refractivity contribution is 5.76. The van der Waals surface area contributed by atoms with Gasteiger partial charge in [0, 0.05) is 6.54 Å². The van der Waals surface area contributed by atoms with Crippen LogP contribution >= 0.6 is 0 Å². The van der Waals surface area contributed by atoms with E-state index in [0.717, 1.165) is 11.3 Å². The minimum Gasteiger partial charge on any atom is -0.494 e. The molecule has 128 valence electrons. The van der Waals surface area contributed by atoms with Crippen molar-refractivity contribution >= 4 is 5.91 Å². The van der Waals surface area contributed by atoms with Crippen molar-refractivity contribution in [3.05, 3.63) is 58.9 Å². The van der Waals surface area contributed by atoms with Gasteiger partial charge in [-0.2, -0.15) is 0 Å². The minimum absolute atomic E-state index is 0.143. The Morgan fingerprint density at radius 3 is 2.54 bits per heavy atom. The van der Waals surface area contributed by atoms with Crippen molar-refractivity contribution < 1.29 is 18.7 Å². The molecule has 0 atom stereocenters. The summed E-state index contributed by atoms with van der Waals surface area (Å²) in [6, 6.07) is 10.5. The van der Waals surface area contributed by atoms with E-state index in [1.807, 2.05) is 32.0 Å². The van der Waals surface area contributed by atoms with Crippen LogP contribution in [0.5, 0.6) is 11.5 Å². The Morgan fingerprint density at radius 1 is 1.12 bits per heavy atom. The first-order valence-corrected chi connectivity index (χ1v) is 7.79. The molecular formula is C19H22FNO3. The zero-order valence-electron chi connectivity index (χ0n) is 14.2. The topological polar surface area (TPSA) is 47.6 Å². The van der Waals surface area contributed by atoms with Crippen molar-refractivity contribution in [2.75, 3.05) is 13.7 Å². The summed E-state index contributed by atoms with van der Waals surface area (Å²) in [5.74, 6) is 0.385. The Bertz CT molecular complexity index is 716. The summed E-state index contributed by atoms with van der Waals surface area (Å²) < 4.78 is 24.1. The van der Waals surface area contributed by atoms with Gasteiger partial charge in [0.2, 0.25) is 5.91 Å². The van der Waals surface area contributed by atoms with E-state index >= 15 is 0 Å². The number of methoxy groups -OCH3 is 1. The van der Waals surface area contributed by atoms with E-state index in [2.05, 4.69) is 5.32 Å². The molecule has 0 heterocycles. The summed E-state index contributed by atoms with van der Waals surface area (Å²) in [6.07, 6.45) is 0.242. The number of amides is 1. The van der Waals surface area contributed by atoms with Crippen molar-refractivity contribution in [2.45, 2.75) is 26.8 Å². The highest BCUT2D eigenvalue weighted by Gasteiger charge is 2.06. The lowest BCUT2D eigenvalue weighted by Gasteiger charge is -2.10. The molecule has 5 heteroatoms. The molecule has 2 aromatic carbocycles. The zero-order valence-corrected chi connectivity index (χ0v) is 14.2. The van der Waals surface area contributed by atoms with Gasteiger partial charge in [0.25, 0.3) is 0 Å². The third kappa shape index (κ3) is 4.98. The second-order valence-corrected chi connectivity index (χ2v) is 5.61. The number of benzene rings is 2. The molecule has 4 nitrogen and oxygen atoms in total. The molecule has 0 saturated heterocycles. The predicted molar refractivity (Wildman–Crippen MR) is 90.8 cm³/mol. The van der Waals surface area contributed by atoms with Crippen molar-refractivity contribution in [2.24, 2.45) is 0 Å². The maximum absolute atomic E-state index is 13.6. The molecule has 0 spiro atoms. The molecule has 0 radical (unpaired) electrons. The van der Waals surface area contributed by atoms with Gasteiger partial charge in [-0.1, -0.05) is 23.8 Å². The van der Waals surface area contributed by atoms with Gasteiger partial charge in [-0.15, -0.1) is 0 Å². The summed E-state index contributed by atoms with van der Waals surface area (Å²) in [4.78, 5) is 11.8. The van der Waals surface area contributed by atoms with Crippen LogP contribution in [0.1, 0.15) is 23.1 Å². The Labute approximate surface area is 141 Å². The molecule has 0 saturated carbocycles. The van der Waals surface area contributed by atoms with Crippen molar-refractivity contribution in [3.63, 3.8) is 0 Å². The fourth-order valence-electron chi connectivity index (χ4n) is 2.32. The molecule has 0 aliphatic heterocycles. The van der Waals surface area contributed by atoms with E-state index in [0.29, 0.717) is 12.2 Å². The third-order valence-corrected chi connectivity index (χ3v) is 3.62. The van der Waals surface area contributed by atoms with Crippen molar-refractivity contribution in [1.29, 1.82) is 0 Å². The molecule has 24 heavy (non-hydrogen) atoms. The predicted octanol–water partition coefficient (Wildman–Crippen LogP) is 3.54. The summed E-state index contributed by atoms with van der Waals surface area (Å²) in [5, 5.41) is 2.75. The van der Waals surface area contributed by atoms with Crippen LogP contribution in [-0.4, -0.2) is 19.6 Å². The van der Waals surface area contributed by atoms with Gasteiger partial charge >= 0.3 is 0 Å². The van der Waals surface area contributed by atoms with Crippen LogP contribution in [0.4, 0.5) is 4.39 Å². The molecule has 1 amide bonds. The lowest BCUT2D eigenvalue weighted by Crippen LogP contribution is -2.24. The Hall–Kier alpha value is -2.56. The summed E-state index contributed by atoms with van der Waals surface area (Å²) >= 11 is 0. The van der Waals surface area contributed by atoms with Gasteiger partial charge in [0.15, 0.2) is 11.6 Å². The number of hydrogen-bond acceptors (Lipinski definition) is 3. The molecule has 1 N–H and O–H groups in total. The van der Waals surface area contributed by atoms with Crippen LogP contribution < -0.4 is 14.8 Å². The molecule has 0 unspecified atom stereocenters. The maximum atomic E-state index is 13.6. The van der Waals surface area contributed by atoms with Crippen LogP contribution in [0, 0.1) is 19.7 Å². The standard InChI is InChI=1S/C19H22FNO3/c1-13-4-6-17(14(2)10-13)24-9-8-19(22)21-12-15-5-7-18(23-3)16(20)11-15/h4-7,10-11H,8-9,12H2,1-3H3,(H,21,22). The molecular weight excluding hydrogens is 309 g/mol. The molecule has 0 aliphatic carbocycles. The number of carbonyl (C=O) groups excluding carboxylic acids is 1. The number of ether oxygens (including phenoxy) is 2. The average molecular weight is 331 g/mol. The average Bonchev–Trinajstić information content (AvgIpc) is 2.55. The smallest absolute Gasteiger partial charge is 0.223 e. The second-order valence-electron chi connectivity index (χ2n) is 5.61. The van der Waals surface area contributed by atoms with Crippen LogP contribution in [0.25, 0.3) is 0 Å². The van der Waals surface area contributed by atoms with E-state index in [1.165, 1.54) is 18.7 Å². The lowest BCUT2D eigenvalue weighted by atomic mass is 10.1. The number of aryl methyl sites for hydroxylation is 2. The zero-order chi connectivity index (χ0) is 17.5. The maximum Gasteiger partial charge on any atom is 0.223 e. The molecule has 2 rings (SSSR count). The number of halogens is 1. The van der Waals surface area contributed by atoms with Gasteiger partial charge in [-0.3, -0.25) is 4.79 Å². The molecule has 0 aromatic heterocycles. The van der Waals surface area contributed by atoms with E-state index < -0.39 is 5.82 Å². The van der Waals surface area contributed by atoms with Gasteiger partial charge < -0.3 is 14.8 Å². The SMILES string of the molecule is COc1ccc(CNC(=O)CCOc2ccc(C)cc2C)cc1F. The normalized spacial score (nSPS) is 10.3. The van der Waals surface area contributed by atoms with Crippen molar-refractivity contribution in [3.8, 4) is 11.5 Å². The largest absolute Gasteiger partial charge is 0.494 e. The highest BCUT2D eigenvalue weighted by atomic mass is 19.1. The summed E-state index contributed by atoms with van der Waals surface area (Å²) in [5.41, 5.74) is 2.89. The monoisotopic (exact) mass is 331 g/mol. The number of rotatable bonds is 7. The minimum atomic E-state index is -0.442. The first-order chi connectivity index (χ1) is 11.5. The van der Waals surface area contributed by atoms with Gasteiger partial charge in [0.1, 0.15) is 5.75 Å². The van der Waals surface area contributed by atoms with Gasteiger partial charge in [0.05, 0.1) is 20.1 Å². The van der Waals surface area contributed by atoms with Crippen molar-refractivity contribution in [1.82, 2.24) is 5.32 Å². The van der Waals surface area contributed by atoms with E-state index in [-0.39, 0.29) is 24.6 Å². The quantitative estimate of drug-likeness (QED) is 0.844. The molecule has 0 bridgehead atoms. The van der Waals surface area contributed by atoms with Crippen LogP contribution in [0.3, 0.4) is 0 Å². The van der Waals surface area contributed by atoms with Crippen LogP contribution in [0.2, 0.25) is 0 Å². The fraction of sp³-hybridized carbons (Fsp3) is 0.316. The Balaban J connectivity index is 1.76. The number of nitrogens with one attached hydrogen (secondary N) is 1. The van der Waals surface area contributed by atoms with Gasteiger partial charge in [-0.25, -0.2) is 4.39 Å². The lowest BCUT2D eigenvalue weighted by molar-refractivity contribution is -0.121. The Kier molecular flexibility index (Phi) is 6.18. The molecule has 0 fully saturated rings. The highest BCUT2D eigenvalue weighted by Crippen LogP contribution is 2.19. The number of hydrogen-bond donors (Lipinski definition) is 1. The van der Waals surface area contributed by atoms with E-state index in [9.17, 15) is 9.18 Å². The summed E-state index contributed by atoms with van der Waals surface area (Å²) in [7, 11) is 1.41. The first kappa shape index (κ1) is 17.8. The Morgan fingerprint density at radius 2 is 1.88 bits per heavy atom. The van der Waals surface area contributed by atoms with Gasteiger partial charge in [-0.05, 0) is 43.2 Å². The van der Waals surface area contributed by atoms with Crippen LogP contribution in [-0.2, 0) is 11.3 Å². The summed E-state index contributed by atoms with van der Waals surface area (Å²) in [6.45, 7) is 4.56.